The summed E-state index contributed by atoms with van der Waals surface area (Å²) in [6, 6.07) is 14.7. The van der Waals surface area contributed by atoms with Crippen LogP contribution in [0.3, 0.4) is 0 Å². The summed E-state index contributed by atoms with van der Waals surface area (Å²) in [5.41, 5.74) is 0.870. The van der Waals surface area contributed by atoms with Crippen molar-refractivity contribution in [3.63, 3.8) is 0 Å². The number of amides is 2. The summed E-state index contributed by atoms with van der Waals surface area (Å²) >= 11 is 0. The number of benzene rings is 2. The number of hydrogen-bond donors (Lipinski definition) is 1. The molecular weight excluding hydrogens is 394 g/mol. The minimum Gasteiger partial charge on any atom is -0.451 e. The molecule has 164 valence electrons. The van der Waals surface area contributed by atoms with Gasteiger partial charge >= 0.3 is 5.97 Å². The summed E-state index contributed by atoms with van der Waals surface area (Å²) in [6.45, 7) is 5.34. The van der Waals surface area contributed by atoms with Crippen molar-refractivity contribution in [1.82, 2.24) is 10.2 Å². The molecule has 0 aliphatic heterocycles. The highest BCUT2D eigenvalue weighted by molar-refractivity contribution is 5.92. The first kappa shape index (κ1) is 23.9. The van der Waals surface area contributed by atoms with E-state index in [-0.39, 0.29) is 31.2 Å². The van der Waals surface area contributed by atoms with Crippen LogP contribution in [0.25, 0.3) is 10.8 Å². The van der Waals surface area contributed by atoms with Crippen molar-refractivity contribution in [1.29, 1.82) is 5.26 Å². The standard InChI is InChI=1S/C24H29N3O4/c1-16(2)22(24(30)31-17(3)23(29)27(4)14-8-13-25)26-21(28)15-19-11-7-10-18-9-5-6-12-20(18)19/h5-7,9-12,16-17,22H,8,14-15H2,1-4H3,(H,26,28)/t17-,22-/m0/s1. The van der Waals surface area contributed by atoms with E-state index in [1.807, 2.05) is 48.5 Å². The highest BCUT2D eigenvalue weighted by Gasteiger charge is 2.30. The number of hydrogen-bond acceptors (Lipinski definition) is 5. The van der Waals surface area contributed by atoms with Gasteiger partial charge < -0.3 is 15.0 Å². The van der Waals surface area contributed by atoms with E-state index >= 15 is 0 Å². The molecule has 2 aromatic carbocycles. The third-order valence-corrected chi connectivity index (χ3v) is 5.04. The van der Waals surface area contributed by atoms with Crippen molar-refractivity contribution in [2.75, 3.05) is 13.6 Å². The normalized spacial score (nSPS) is 12.6. The van der Waals surface area contributed by atoms with Gasteiger partial charge in [-0.2, -0.15) is 5.26 Å². The van der Waals surface area contributed by atoms with Gasteiger partial charge in [0.25, 0.3) is 5.91 Å². The number of ether oxygens (including phenoxy) is 1. The molecule has 0 radical (unpaired) electrons. The number of carbonyl (C=O) groups is 3. The second kappa shape index (κ2) is 11.1. The Morgan fingerprint density at radius 2 is 1.77 bits per heavy atom. The molecule has 7 heteroatoms. The number of esters is 1. The number of nitriles is 1. The maximum atomic E-state index is 12.7. The largest absolute Gasteiger partial charge is 0.451 e. The topological polar surface area (TPSA) is 99.5 Å². The Morgan fingerprint density at radius 3 is 2.45 bits per heavy atom. The first-order valence-electron chi connectivity index (χ1n) is 10.3. The predicted octanol–water partition coefficient (Wildman–Crippen LogP) is 2.83. The van der Waals surface area contributed by atoms with E-state index in [4.69, 9.17) is 10.00 Å². The number of carbonyl (C=O) groups excluding carboxylic acids is 3. The average Bonchev–Trinajstić information content (AvgIpc) is 2.75. The fourth-order valence-corrected chi connectivity index (χ4v) is 3.28. The van der Waals surface area contributed by atoms with Gasteiger partial charge in [0.05, 0.1) is 18.9 Å². The van der Waals surface area contributed by atoms with Crippen LogP contribution in [0.2, 0.25) is 0 Å². The van der Waals surface area contributed by atoms with Gasteiger partial charge in [-0.25, -0.2) is 4.79 Å². The summed E-state index contributed by atoms with van der Waals surface area (Å²) in [5, 5.41) is 13.4. The minimum atomic E-state index is -1.01. The maximum Gasteiger partial charge on any atom is 0.329 e. The molecule has 0 aliphatic carbocycles. The lowest BCUT2D eigenvalue weighted by molar-refractivity contribution is -0.161. The second-order valence-corrected chi connectivity index (χ2v) is 7.85. The molecule has 0 saturated heterocycles. The molecule has 7 nitrogen and oxygen atoms in total. The molecule has 0 bridgehead atoms. The van der Waals surface area contributed by atoms with Crippen LogP contribution in [0.4, 0.5) is 0 Å². The lowest BCUT2D eigenvalue weighted by atomic mass is 10.0. The van der Waals surface area contributed by atoms with E-state index < -0.39 is 24.0 Å². The first-order valence-corrected chi connectivity index (χ1v) is 10.3. The fourth-order valence-electron chi connectivity index (χ4n) is 3.28. The zero-order valence-electron chi connectivity index (χ0n) is 18.4. The molecule has 0 spiro atoms. The molecule has 2 atom stereocenters. The summed E-state index contributed by atoms with van der Waals surface area (Å²) in [6.07, 6.45) is -0.683. The van der Waals surface area contributed by atoms with E-state index in [2.05, 4.69) is 5.32 Å². The third kappa shape index (κ3) is 6.54. The Labute approximate surface area is 183 Å². The Morgan fingerprint density at radius 1 is 1.10 bits per heavy atom. The summed E-state index contributed by atoms with van der Waals surface area (Å²) in [4.78, 5) is 39.0. The average molecular weight is 424 g/mol. The molecule has 0 unspecified atom stereocenters. The van der Waals surface area contributed by atoms with Crippen molar-refractivity contribution in [3.8, 4) is 6.07 Å². The van der Waals surface area contributed by atoms with Crippen LogP contribution in [0.15, 0.2) is 42.5 Å². The Hall–Kier alpha value is -3.40. The Balaban J connectivity index is 2.03. The first-order chi connectivity index (χ1) is 14.7. The number of fused-ring (bicyclic) bond motifs is 1. The number of nitrogens with zero attached hydrogens (tertiary/aromatic N) is 2. The predicted molar refractivity (Wildman–Crippen MR) is 118 cm³/mol. The maximum absolute atomic E-state index is 12.7. The van der Waals surface area contributed by atoms with Gasteiger partial charge in [0.1, 0.15) is 6.04 Å². The molecule has 0 aliphatic rings. The Kier molecular flexibility index (Phi) is 8.56. The zero-order chi connectivity index (χ0) is 23.0. The van der Waals surface area contributed by atoms with Gasteiger partial charge in [-0.1, -0.05) is 56.3 Å². The minimum absolute atomic E-state index is 0.128. The summed E-state index contributed by atoms with van der Waals surface area (Å²) in [5.74, 6) is -1.57. The molecule has 2 aromatic rings. The van der Waals surface area contributed by atoms with Crippen LogP contribution in [-0.2, 0) is 25.5 Å². The summed E-state index contributed by atoms with van der Waals surface area (Å²) in [7, 11) is 1.55. The van der Waals surface area contributed by atoms with Gasteiger partial charge in [0.2, 0.25) is 5.91 Å². The van der Waals surface area contributed by atoms with Gasteiger partial charge in [0.15, 0.2) is 6.10 Å². The number of likely N-dealkylation sites (N-methyl/N-ethyl adjacent to an activating group) is 1. The zero-order valence-corrected chi connectivity index (χ0v) is 18.4. The number of nitrogens with one attached hydrogen (secondary N) is 1. The van der Waals surface area contributed by atoms with E-state index in [1.165, 1.54) is 11.8 Å². The highest BCUT2D eigenvalue weighted by atomic mass is 16.5. The molecule has 1 N–H and O–H groups in total. The molecule has 0 saturated carbocycles. The second-order valence-electron chi connectivity index (χ2n) is 7.85. The Bertz CT molecular complexity index is 975. The smallest absolute Gasteiger partial charge is 0.329 e. The highest BCUT2D eigenvalue weighted by Crippen LogP contribution is 2.19. The number of rotatable bonds is 9. The van der Waals surface area contributed by atoms with Gasteiger partial charge in [-0.05, 0) is 29.2 Å². The van der Waals surface area contributed by atoms with Crippen molar-refractivity contribution in [2.24, 2.45) is 5.92 Å². The van der Waals surface area contributed by atoms with Gasteiger partial charge in [-0.3, -0.25) is 9.59 Å². The van der Waals surface area contributed by atoms with Gasteiger partial charge in [0, 0.05) is 13.6 Å². The van der Waals surface area contributed by atoms with Crippen molar-refractivity contribution >= 4 is 28.6 Å². The van der Waals surface area contributed by atoms with Crippen LogP contribution in [-0.4, -0.2) is 48.4 Å². The lowest BCUT2D eigenvalue weighted by Gasteiger charge is -2.25. The monoisotopic (exact) mass is 423 g/mol. The lowest BCUT2D eigenvalue weighted by Crippen LogP contribution is -2.48. The van der Waals surface area contributed by atoms with E-state index in [9.17, 15) is 14.4 Å². The fraction of sp³-hybridized carbons (Fsp3) is 0.417. The van der Waals surface area contributed by atoms with E-state index in [0.29, 0.717) is 0 Å². The van der Waals surface area contributed by atoms with Crippen LogP contribution in [0.1, 0.15) is 32.8 Å². The molecular formula is C24H29N3O4. The van der Waals surface area contributed by atoms with Crippen LogP contribution >= 0.6 is 0 Å². The molecule has 2 rings (SSSR count). The van der Waals surface area contributed by atoms with Crippen LogP contribution < -0.4 is 5.32 Å². The quantitative estimate of drug-likeness (QED) is 0.625. The van der Waals surface area contributed by atoms with Crippen LogP contribution in [0, 0.1) is 17.2 Å². The van der Waals surface area contributed by atoms with E-state index in [0.717, 1.165) is 16.3 Å². The third-order valence-electron chi connectivity index (χ3n) is 5.04. The van der Waals surface area contributed by atoms with Crippen molar-refractivity contribution in [2.45, 2.75) is 45.8 Å². The molecule has 0 fully saturated rings. The van der Waals surface area contributed by atoms with Crippen molar-refractivity contribution < 1.29 is 19.1 Å². The molecule has 0 aromatic heterocycles. The molecule has 31 heavy (non-hydrogen) atoms. The van der Waals surface area contributed by atoms with Gasteiger partial charge in [-0.15, -0.1) is 0 Å². The summed E-state index contributed by atoms with van der Waals surface area (Å²) < 4.78 is 5.33. The molecule has 2 amide bonds. The SMILES string of the molecule is CC(C)[C@H](NC(=O)Cc1cccc2ccccc12)C(=O)O[C@@H](C)C(=O)N(C)CCC#N. The molecule has 0 heterocycles. The van der Waals surface area contributed by atoms with Crippen molar-refractivity contribution in [3.05, 3.63) is 48.0 Å². The van der Waals surface area contributed by atoms with Crippen LogP contribution in [0.5, 0.6) is 0 Å². The van der Waals surface area contributed by atoms with E-state index in [1.54, 1.807) is 20.9 Å².